The Hall–Kier alpha value is -1.30. The first-order valence-electron chi connectivity index (χ1n) is 6.92. The number of carbonyl (C=O) groups excluding carboxylic acids is 1. The van der Waals surface area contributed by atoms with E-state index in [2.05, 4.69) is 17.4 Å². The summed E-state index contributed by atoms with van der Waals surface area (Å²) in [5.74, 6) is 0.904. The second kappa shape index (κ2) is 5.77. The molecule has 1 aliphatic heterocycles. The van der Waals surface area contributed by atoms with Crippen LogP contribution in [0.3, 0.4) is 0 Å². The third-order valence-corrected chi connectivity index (χ3v) is 4.29. The summed E-state index contributed by atoms with van der Waals surface area (Å²) in [5.41, 5.74) is 4.90. The summed E-state index contributed by atoms with van der Waals surface area (Å²) >= 11 is 0. The highest BCUT2D eigenvalue weighted by Crippen LogP contribution is 2.45. The number of rotatable bonds is 5. The molecular weight excluding hydrogens is 246 g/mol. The Morgan fingerprint density at radius 1 is 1.58 bits per heavy atom. The summed E-state index contributed by atoms with van der Waals surface area (Å²) < 4.78 is 5.30. The van der Waals surface area contributed by atoms with Gasteiger partial charge in [0.25, 0.3) is 0 Å². The van der Waals surface area contributed by atoms with Gasteiger partial charge in [-0.15, -0.1) is 0 Å². The Morgan fingerprint density at radius 2 is 2.32 bits per heavy atom. The molecule has 6 nitrogen and oxygen atoms in total. The number of oxime groups is 1. The van der Waals surface area contributed by atoms with Crippen molar-refractivity contribution < 1.29 is 14.7 Å². The van der Waals surface area contributed by atoms with Gasteiger partial charge in [0.2, 0.25) is 5.91 Å². The zero-order chi connectivity index (χ0) is 13.9. The molecule has 1 atom stereocenters. The quantitative estimate of drug-likeness (QED) is 0.296. The van der Waals surface area contributed by atoms with Crippen molar-refractivity contribution in [3.8, 4) is 0 Å². The average Bonchev–Trinajstić information content (AvgIpc) is 2.86. The molecule has 19 heavy (non-hydrogen) atoms. The number of nitrogens with zero attached hydrogens (tertiary/aromatic N) is 1. The standard InChI is InChI=1S/C13H23N3O3/c1-9-6-13(7-9,11(14)16-18)12(17)15-4-2-10-3-5-19-8-10/h9-10,18H,2-8H2,1H3,(H2,14,16)(H,15,17). The van der Waals surface area contributed by atoms with E-state index in [1.54, 1.807) is 0 Å². The normalized spacial score (nSPS) is 34.9. The summed E-state index contributed by atoms with van der Waals surface area (Å²) in [5, 5.41) is 14.8. The number of hydrogen-bond acceptors (Lipinski definition) is 4. The Balaban J connectivity index is 1.83. The van der Waals surface area contributed by atoms with E-state index in [4.69, 9.17) is 15.7 Å². The van der Waals surface area contributed by atoms with Crippen LogP contribution < -0.4 is 11.1 Å². The highest BCUT2D eigenvalue weighted by atomic mass is 16.5. The van der Waals surface area contributed by atoms with Crippen LogP contribution in [0.2, 0.25) is 0 Å². The van der Waals surface area contributed by atoms with Crippen LogP contribution in [-0.4, -0.2) is 36.7 Å². The van der Waals surface area contributed by atoms with Gasteiger partial charge in [-0.3, -0.25) is 4.79 Å². The Bertz CT molecular complexity index is 358. The van der Waals surface area contributed by atoms with Gasteiger partial charge in [-0.25, -0.2) is 0 Å². The molecule has 4 N–H and O–H groups in total. The molecule has 0 spiro atoms. The van der Waals surface area contributed by atoms with Crippen LogP contribution in [0.15, 0.2) is 5.16 Å². The molecule has 1 unspecified atom stereocenters. The molecule has 1 aliphatic carbocycles. The summed E-state index contributed by atoms with van der Waals surface area (Å²) in [6.45, 7) is 4.30. The monoisotopic (exact) mass is 269 g/mol. The van der Waals surface area contributed by atoms with Crippen LogP contribution in [0.4, 0.5) is 0 Å². The van der Waals surface area contributed by atoms with Crippen LogP contribution in [0, 0.1) is 17.3 Å². The van der Waals surface area contributed by atoms with Crippen molar-refractivity contribution in [1.82, 2.24) is 5.32 Å². The maximum atomic E-state index is 12.3. The van der Waals surface area contributed by atoms with Gasteiger partial charge in [0.1, 0.15) is 5.41 Å². The predicted octanol–water partition coefficient (Wildman–Crippen LogP) is 0.692. The lowest BCUT2D eigenvalue weighted by Crippen LogP contribution is -2.56. The predicted molar refractivity (Wildman–Crippen MR) is 70.8 cm³/mol. The SMILES string of the molecule is CC1CC(C(=O)NCCC2CCOC2)(C(N)=NO)C1. The number of carbonyl (C=O) groups is 1. The summed E-state index contributed by atoms with van der Waals surface area (Å²) in [6.07, 6.45) is 3.30. The summed E-state index contributed by atoms with van der Waals surface area (Å²) in [6, 6.07) is 0. The van der Waals surface area contributed by atoms with E-state index < -0.39 is 5.41 Å². The van der Waals surface area contributed by atoms with Crippen LogP contribution in [-0.2, 0) is 9.53 Å². The molecule has 2 aliphatic rings. The highest BCUT2D eigenvalue weighted by molar-refractivity contribution is 6.07. The molecule has 0 aromatic heterocycles. The van der Waals surface area contributed by atoms with E-state index >= 15 is 0 Å². The number of hydrogen-bond donors (Lipinski definition) is 3. The van der Waals surface area contributed by atoms with E-state index in [0.29, 0.717) is 31.2 Å². The second-order valence-corrected chi connectivity index (χ2v) is 5.85. The molecule has 2 rings (SSSR count). The van der Waals surface area contributed by atoms with Crippen molar-refractivity contribution in [1.29, 1.82) is 0 Å². The van der Waals surface area contributed by atoms with Crippen molar-refractivity contribution in [3.63, 3.8) is 0 Å². The first-order valence-corrected chi connectivity index (χ1v) is 6.92. The van der Waals surface area contributed by atoms with Crippen molar-refractivity contribution in [2.24, 2.45) is 28.1 Å². The lowest BCUT2D eigenvalue weighted by atomic mass is 9.61. The lowest BCUT2D eigenvalue weighted by Gasteiger charge is -2.43. The third kappa shape index (κ3) is 2.83. The largest absolute Gasteiger partial charge is 0.409 e. The van der Waals surface area contributed by atoms with Gasteiger partial charge in [-0.05, 0) is 37.5 Å². The van der Waals surface area contributed by atoms with E-state index in [1.807, 2.05) is 0 Å². The minimum Gasteiger partial charge on any atom is -0.409 e. The fourth-order valence-corrected chi connectivity index (χ4v) is 3.11. The zero-order valence-electron chi connectivity index (χ0n) is 11.4. The number of nitrogens with one attached hydrogen (secondary N) is 1. The Kier molecular flexibility index (Phi) is 4.29. The zero-order valence-corrected chi connectivity index (χ0v) is 11.4. The topological polar surface area (TPSA) is 96.9 Å². The van der Waals surface area contributed by atoms with E-state index in [-0.39, 0.29) is 11.7 Å². The lowest BCUT2D eigenvalue weighted by molar-refractivity contribution is -0.133. The molecule has 0 aromatic rings. The molecule has 1 heterocycles. The van der Waals surface area contributed by atoms with Gasteiger partial charge < -0.3 is 21.0 Å². The van der Waals surface area contributed by atoms with Gasteiger partial charge in [-0.2, -0.15) is 0 Å². The molecule has 2 fully saturated rings. The number of amides is 1. The Labute approximate surface area is 113 Å². The van der Waals surface area contributed by atoms with Crippen LogP contribution >= 0.6 is 0 Å². The molecule has 0 bridgehead atoms. The molecule has 108 valence electrons. The van der Waals surface area contributed by atoms with Gasteiger partial charge >= 0.3 is 0 Å². The minimum atomic E-state index is -0.791. The van der Waals surface area contributed by atoms with Gasteiger partial charge in [0.15, 0.2) is 5.84 Å². The van der Waals surface area contributed by atoms with Crippen molar-refractivity contribution in [2.75, 3.05) is 19.8 Å². The van der Waals surface area contributed by atoms with Crippen LogP contribution in [0.1, 0.15) is 32.6 Å². The number of amidine groups is 1. The molecular formula is C13H23N3O3. The number of ether oxygens (including phenoxy) is 1. The molecule has 1 amide bonds. The second-order valence-electron chi connectivity index (χ2n) is 5.85. The van der Waals surface area contributed by atoms with Crippen LogP contribution in [0.5, 0.6) is 0 Å². The van der Waals surface area contributed by atoms with Crippen molar-refractivity contribution >= 4 is 11.7 Å². The smallest absolute Gasteiger partial charge is 0.233 e. The maximum Gasteiger partial charge on any atom is 0.233 e. The summed E-state index contributed by atoms with van der Waals surface area (Å²) in [7, 11) is 0. The van der Waals surface area contributed by atoms with Crippen molar-refractivity contribution in [3.05, 3.63) is 0 Å². The molecule has 1 saturated carbocycles. The minimum absolute atomic E-state index is 0.0345. The first kappa shape index (κ1) is 14.1. The van der Waals surface area contributed by atoms with E-state index in [9.17, 15) is 4.79 Å². The third-order valence-electron chi connectivity index (χ3n) is 4.29. The van der Waals surface area contributed by atoms with Gasteiger partial charge in [-0.1, -0.05) is 12.1 Å². The Morgan fingerprint density at radius 3 is 2.84 bits per heavy atom. The summed E-state index contributed by atoms with van der Waals surface area (Å²) in [4.78, 5) is 12.3. The van der Waals surface area contributed by atoms with E-state index in [0.717, 1.165) is 26.1 Å². The average molecular weight is 269 g/mol. The molecule has 1 saturated heterocycles. The van der Waals surface area contributed by atoms with Crippen LogP contribution in [0.25, 0.3) is 0 Å². The van der Waals surface area contributed by atoms with Gasteiger partial charge in [0, 0.05) is 19.8 Å². The fourth-order valence-electron chi connectivity index (χ4n) is 3.11. The highest BCUT2D eigenvalue weighted by Gasteiger charge is 2.52. The first-order chi connectivity index (χ1) is 9.08. The fraction of sp³-hybridized carbons (Fsp3) is 0.846. The molecule has 6 heteroatoms. The van der Waals surface area contributed by atoms with E-state index in [1.165, 1.54) is 0 Å². The molecule has 0 radical (unpaired) electrons. The maximum absolute atomic E-state index is 12.3. The molecule has 0 aromatic carbocycles. The van der Waals surface area contributed by atoms with Gasteiger partial charge in [0.05, 0.1) is 0 Å². The number of nitrogens with two attached hydrogens (primary N) is 1. The van der Waals surface area contributed by atoms with Crippen molar-refractivity contribution in [2.45, 2.75) is 32.6 Å².